The van der Waals surface area contributed by atoms with E-state index in [9.17, 15) is 9.59 Å². The van der Waals surface area contributed by atoms with Crippen LogP contribution in [0.1, 0.15) is 32.1 Å². The van der Waals surface area contributed by atoms with Crippen LogP contribution in [-0.4, -0.2) is 48.4 Å². The zero-order valence-corrected chi connectivity index (χ0v) is 10.4. The summed E-state index contributed by atoms with van der Waals surface area (Å²) in [5, 5.41) is 11.7. The molecule has 0 aromatic rings. The fraction of sp³-hybridized carbons (Fsp3) is 0.833. The lowest BCUT2D eigenvalue weighted by Gasteiger charge is -2.21. The Morgan fingerprint density at radius 2 is 1.94 bits per heavy atom. The van der Waals surface area contributed by atoms with Gasteiger partial charge in [0.25, 0.3) is 0 Å². The van der Waals surface area contributed by atoms with Crippen molar-refractivity contribution >= 4 is 11.9 Å². The molecular formula is C12H19NO5. The first-order chi connectivity index (χ1) is 8.61. The Labute approximate surface area is 106 Å². The summed E-state index contributed by atoms with van der Waals surface area (Å²) in [5.74, 6) is -1.21. The van der Waals surface area contributed by atoms with Crippen LogP contribution in [-0.2, 0) is 19.1 Å². The molecule has 0 bridgehead atoms. The first-order valence-electron chi connectivity index (χ1n) is 6.33. The van der Waals surface area contributed by atoms with E-state index < -0.39 is 18.2 Å². The molecule has 1 saturated carbocycles. The van der Waals surface area contributed by atoms with E-state index in [0.717, 1.165) is 19.3 Å². The summed E-state index contributed by atoms with van der Waals surface area (Å²) in [7, 11) is 1.64. The van der Waals surface area contributed by atoms with Crippen LogP contribution in [0.3, 0.4) is 0 Å². The Kier molecular flexibility index (Phi) is 4.19. The molecule has 1 aliphatic heterocycles. The molecule has 2 N–H and O–H groups in total. The van der Waals surface area contributed by atoms with Crippen molar-refractivity contribution in [1.82, 2.24) is 5.32 Å². The highest BCUT2D eigenvalue weighted by molar-refractivity contribution is 5.82. The maximum absolute atomic E-state index is 11.9. The molecule has 4 atom stereocenters. The number of amides is 1. The van der Waals surface area contributed by atoms with Gasteiger partial charge in [-0.1, -0.05) is 0 Å². The molecule has 1 aliphatic carbocycles. The smallest absolute Gasteiger partial charge is 0.332 e. The van der Waals surface area contributed by atoms with E-state index in [1.54, 1.807) is 7.11 Å². The SMILES string of the molecule is COC1CCCC1NC(=O)[C@@H]1CC[C@H](C(=O)O)O1. The van der Waals surface area contributed by atoms with Crippen LogP contribution in [0, 0.1) is 0 Å². The summed E-state index contributed by atoms with van der Waals surface area (Å²) >= 11 is 0. The maximum atomic E-state index is 11.9. The number of rotatable bonds is 4. The van der Waals surface area contributed by atoms with Gasteiger partial charge in [0.1, 0.15) is 6.10 Å². The summed E-state index contributed by atoms with van der Waals surface area (Å²) in [6, 6.07) is 0.0231. The van der Waals surface area contributed by atoms with E-state index in [1.165, 1.54) is 0 Å². The minimum absolute atomic E-state index is 0.0231. The molecule has 102 valence electrons. The summed E-state index contributed by atoms with van der Waals surface area (Å²) in [5.41, 5.74) is 0. The lowest BCUT2D eigenvalue weighted by Crippen LogP contribution is -2.45. The fourth-order valence-corrected chi connectivity index (χ4v) is 2.66. The fourth-order valence-electron chi connectivity index (χ4n) is 2.66. The van der Waals surface area contributed by atoms with E-state index >= 15 is 0 Å². The van der Waals surface area contributed by atoms with Crippen LogP contribution in [0.25, 0.3) is 0 Å². The second kappa shape index (κ2) is 5.67. The summed E-state index contributed by atoms with van der Waals surface area (Å²) in [4.78, 5) is 22.7. The number of carboxylic acid groups (broad SMARTS) is 1. The van der Waals surface area contributed by atoms with Gasteiger partial charge in [0, 0.05) is 7.11 Å². The molecule has 0 spiro atoms. The minimum Gasteiger partial charge on any atom is -0.479 e. The average molecular weight is 257 g/mol. The zero-order chi connectivity index (χ0) is 13.1. The molecule has 2 rings (SSSR count). The van der Waals surface area contributed by atoms with Crippen molar-refractivity contribution in [2.75, 3.05) is 7.11 Å². The molecule has 6 heteroatoms. The van der Waals surface area contributed by atoms with Crippen molar-refractivity contribution in [1.29, 1.82) is 0 Å². The average Bonchev–Trinajstić information content (AvgIpc) is 2.96. The number of aliphatic carboxylic acids is 1. The summed E-state index contributed by atoms with van der Waals surface area (Å²) in [6.07, 6.45) is 2.33. The van der Waals surface area contributed by atoms with Crippen molar-refractivity contribution in [2.24, 2.45) is 0 Å². The molecule has 0 aromatic carbocycles. The van der Waals surface area contributed by atoms with Gasteiger partial charge in [0.15, 0.2) is 6.10 Å². The lowest BCUT2D eigenvalue weighted by atomic mass is 10.1. The van der Waals surface area contributed by atoms with Gasteiger partial charge < -0.3 is 19.9 Å². The Morgan fingerprint density at radius 1 is 1.22 bits per heavy atom. The summed E-state index contributed by atoms with van der Waals surface area (Å²) in [6.45, 7) is 0. The molecule has 2 fully saturated rings. The highest BCUT2D eigenvalue weighted by Gasteiger charge is 2.37. The van der Waals surface area contributed by atoms with Crippen LogP contribution in [0.15, 0.2) is 0 Å². The van der Waals surface area contributed by atoms with Crippen LogP contribution >= 0.6 is 0 Å². The molecule has 1 heterocycles. The highest BCUT2D eigenvalue weighted by atomic mass is 16.5. The van der Waals surface area contributed by atoms with Gasteiger partial charge in [-0.15, -0.1) is 0 Å². The maximum Gasteiger partial charge on any atom is 0.332 e. The molecule has 0 radical (unpaired) electrons. The standard InChI is InChI=1S/C12H19NO5/c1-17-8-4-2-3-7(8)13-11(14)9-5-6-10(18-9)12(15)16/h7-10H,2-6H2,1H3,(H,13,14)(H,15,16)/t7?,8?,9-,10+/m0/s1. The molecule has 2 unspecified atom stereocenters. The van der Waals surface area contributed by atoms with Gasteiger partial charge in [-0.3, -0.25) is 4.79 Å². The van der Waals surface area contributed by atoms with Crippen LogP contribution < -0.4 is 5.32 Å². The Bertz CT molecular complexity index is 332. The number of nitrogens with one attached hydrogen (secondary N) is 1. The van der Waals surface area contributed by atoms with Crippen LogP contribution in [0.2, 0.25) is 0 Å². The van der Waals surface area contributed by atoms with Gasteiger partial charge >= 0.3 is 5.97 Å². The third-order valence-corrected chi connectivity index (χ3v) is 3.67. The molecule has 18 heavy (non-hydrogen) atoms. The van der Waals surface area contributed by atoms with Crippen molar-refractivity contribution in [3.63, 3.8) is 0 Å². The Hall–Kier alpha value is -1.14. The molecule has 2 aliphatic rings. The van der Waals surface area contributed by atoms with Crippen LogP contribution in [0.5, 0.6) is 0 Å². The first kappa shape index (κ1) is 13.3. The number of hydrogen-bond donors (Lipinski definition) is 2. The minimum atomic E-state index is -0.999. The number of hydrogen-bond acceptors (Lipinski definition) is 4. The molecule has 6 nitrogen and oxygen atoms in total. The van der Waals surface area contributed by atoms with Crippen LogP contribution in [0.4, 0.5) is 0 Å². The number of carboxylic acids is 1. The third kappa shape index (κ3) is 2.81. The van der Waals surface area contributed by atoms with Gasteiger partial charge in [0.2, 0.25) is 5.91 Å². The Morgan fingerprint density at radius 3 is 2.56 bits per heavy atom. The quantitative estimate of drug-likeness (QED) is 0.756. The van der Waals surface area contributed by atoms with Crippen molar-refractivity contribution < 1.29 is 24.2 Å². The van der Waals surface area contributed by atoms with E-state index in [0.29, 0.717) is 12.8 Å². The number of methoxy groups -OCH3 is 1. The van der Waals surface area contributed by atoms with Gasteiger partial charge in [-0.05, 0) is 32.1 Å². The normalized spacial score (nSPS) is 35.6. The monoisotopic (exact) mass is 257 g/mol. The highest BCUT2D eigenvalue weighted by Crippen LogP contribution is 2.24. The predicted octanol–water partition coefficient (Wildman–Crippen LogP) is 0.302. The predicted molar refractivity (Wildman–Crippen MR) is 62.1 cm³/mol. The second-order valence-electron chi connectivity index (χ2n) is 4.85. The number of ether oxygens (including phenoxy) is 2. The topological polar surface area (TPSA) is 84.9 Å². The van der Waals surface area contributed by atoms with E-state index in [-0.39, 0.29) is 18.1 Å². The van der Waals surface area contributed by atoms with Crippen molar-refractivity contribution in [2.45, 2.75) is 56.5 Å². The second-order valence-corrected chi connectivity index (χ2v) is 4.85. The Balaban J connectivity index is 1.83. The number of carbonyl (C=O) groups excluding carboxylic acids is 1. The summed E-state index contributed by atoms with van der Waals surface area (Å²) < 4.78 is 10.5. The molecule has 0 aromatic heterocycles. The first-order valence-corrected chi connectivity index (χ1v) is 6.33. The number of carbonyl (C=O) groups is 2. The third-order valence-electron chi connectivity index (χ3n) is 3.67. The molecule has 1 amide bonds. The van der Waals surface area contributed by atoms with Gasteiger partial charge in [-0.25, -0.2) is 4.79 Å². The molecular weight excluding hydrogens is 238 g/mol. The largest absolute Gasteiger partial charge is 0.479 e. The van der Waals surface area contributed by atoms with E-state index in [1.807, 2.05) is 0 Å². The van der Waals surface area contributed by atoms with Crippen molar-refractivity contribution in [3.05, 3.63) is 0 Å². The van der Waals surface area contributed by atoms with Gasteiger partial charge in [0.05, 0.1) is 12.1 Å². The van der Waals surface area contributed by atoms with Gasteiger partial charge in [-0.2, -0.15) is 0 Å². The zero-order valence-electron chi connectivity index (χ0n) is 10.4. The molecule has 1 saturated heterocycles. The van der Waals surface area contributed by atoms with E-state index in [2.05, 4.69) is 5.32 Å². The lowest BCUT2D eigenvalue weighted by molar-refractivity contribution is -0.152. The van der Waals surface area contributed by atoms with Crippen molar-refractivity contribution in [3.8, 4) is 0 Å². The van der Waals surface area contributed by atoms with E-state index in [4.69, 9.17) is 14.6 Å².